The second kappa shape index (κ2) is 6.34. The van der Waals surface area contributed by atoms with E-state index in [9.17, 15) is 14.5 Å². The fourth-order valence-corrected chi connectivity index (χ4v) is 1.86. The highest BCUT2D eigenvalue weighted by molar-refractivity contribution is 6.17. The maximum Gasteiger partial charge on any atom is 0.269 e. The van der Waals surface area contributed by atoms with Gasteiger partial charge in [0.25, 0.3) is 5.69 Å². The van der Waals surface area contributed by atoms with Crippen LogP contribution in [0.2, 0.25) is 0 Å². The summed E-state index contributed by atoms with van der Waals surface area (Å²) < 4.78 is 18.7. The number of benzene rings is 2. The van der Waals surface area contributed by atoms with Crippen LogP contribution in [0.15, 0.2) is 42.5 Å². The fourth-order valence-electron chi connectivity index (χ4n) is 1.71. The summed E-state index contributed by atoms with van der Waals surface area (Å²) in [4.78, 5) is 10.2. The summed E-state index contributed by atoms with van der Waals surface area (Å²) in [6.45, 7) is 0.118. The Kier molecular flexibility index (Phi) is 4.53. The largest absolute Gasteiger partial charge is 0.489 e. The standard InChI is InChI=1S/C14H11ClFNO3/c15-8-11-4-12(16)7-14(6-11)20-9-10-2-1-3-13(5-10)17(18)19/h1-7H,8-9H2. The van der Waals surface area contributed by atoms with Gasteiger partial charge in [0.15, 0.2) is 0 Å². The van der Waals surface area contributed by atoms with Crippen LogP contribution in [-0.4, -0.2) is 4.92 Å². The van der Waals surface area contributed by atoms with Crippen LogP contribution >= 0.6 is 11.6 Å². The predicted molar refractivity (Wildman–Crippen MR) is 73.4 cm³/mol. The third-order valence-electron chi connectivity index (χ3n) is 2.61. The van der Waals surface area contributed by atoms with E-state index < -0.39 is 10.7 Å². The van der Waals surface area contributed by atoms with Crippen LogP contribution in [-0.2, 0) is 12.5 Å². The number of nitro groups is 1. The first-order chi connectivity index (χ1) is 9.58. The Morgan fingerprint density at radius 2 is 2.00 bits per heavy atom. The monoisotopic (exact) mass is 295 g/mol. The molecule has 0 fully saturated rings. The molecule has 0 spiro atoms. The van der Waals surface area contributed by atoms with Crippen molar-refractivity contribution in [1.29, 1.82) is 0 Å². The van der Waals surface area contributed by atoms with Gasteiger partial charge < -0.3 is 4.74 Å². The Morgan fingerprint density at radius 1 is 1.20 bits per heavy atom. The first-order valence-electron chi connectivity index (χ1n) is 5.80. The molecule has 2 rings (SSSR count). The van der Waals surface area contributed by atoms with Crippen molar-refractivity contribution in [2.24, 2.45) is 0 Å². The summed E-state index contributed by atoms with van der Waals surface area (Å²) in [5.74, 6) is 0.0922. The van der Waals surface area contributed by atoms with Crippen molar-refractivity contribution in [1.82, 2.24) is 0 Å². The van der Waals surface area contributed by atoms with Gasteiger partial charge in [-0.1, -0.05) is 12.1 Å². The van der Waals surface area contributed by atoms with Crippen molar-refractivity contribution in [2.45, 2.75) is 12.5 Å². The fraction of sp³-hybridized carbons (Fsp3) is 0.143. The van der Waals surface area contributed by atoms with Crippen LogP contribution < -0.4 is 4.74 Å². The van der Waals surface area contributed by atoms with Crippen LogP contribution in [0.4, 0.5) is 10.1 Å². The molecule has 2 aromatic rings. The Balaban J connectivity index is 2.10. The molecule has 0 N–H and O–H groups in total. The van der Waals surface area contributed by atoms with Crippen molar-refractivity contribution in [3.63, 3.8) is 0 Å². The summed E-state index contributed by atoms with van der Waals surface area (Å²) in [6.07, 6.45) is 0. The highest BCUT2D eigenvalue weighted by atomic mass is 35.5. The third-order valence-corrected chi connectivity index (χ3v) is 2.92. The van der Waals surface area contributed by atoms with Gasteiger partial charge in [0, 0.05) is 24.1 Å². The molecule has 0 atom stereocenters. The molecule has 0 heterocycles. The molecule has 0 saturated heterocycles. The maximum absolute atomic E-state index is 13.3. The zero-order chi connectivity index (χ0) is 14.5. The lowest BCUT2D eigenvalue weighted by Crippen LogP contribution is -1.98. The molecule has 0 unspecified atom stereocenters. The summed E-state index contributed by atoms with van der Waals surface area (Å²) in [5.41, 5.74) is 1.24. The van der Waals surface area contributed by atoms with Gasteiger partial charge in [-0.25, -0.2) is 4.39 Å². The van der Waals surface area contributed by atoms with Crippen molar-refractivity contribution >= 4 is 17.3 Å². The highest BCUT2D eigenvalue weighted by Gasteiger charge is 2.07. The van der Waals surface area contributed by atoms with Gasteiger partial charge in [0.1, 0.15) is 18.2 Å². The van der Waals surface area contributed by atoms with Crippen molar-refractivity contribution < 1.29 is 14.1 Å². The maximum atomic E-state index is 13.3. The minimum absolute atomic E-state index is 0.00760. The van der Waals surface area contributed by atoms with E-state index in [1.807, 2.05) is 0 Å². The zero-order valence-electron chi connectivity index (χ0n) is 10.4. The van der Waals surface area contributed by atoms with Gasteiger partial charge in [-0.3, -0.25) is 10.1 Å². The molecule has 0 aliphatic rings. The molecule has 0 aromatic heterocycles. The molecule has 0 amide bonds. The second-order valence-corrected chi connectivity index (χ2v) is 4.41. The van der Waals surface area contributed by atoms with E-state index in [4.69, 9.17) is 16.3 Å². The van der Waals surface area contributed by atoms with Gasteiger partial charge in [-0.05, 0) is 23.3 Å². The lowest BCUT2D eigenvalue weighted by atomic mass is 10.2. The molecule has 0 saturated carbocycles. The first kappa shape index (κ1) is 14.3. The number of non-ortho nitro benzene ring substituents is 1. The van der Waals surface area contributed by atoms with Gasteiger partial charge in [0.05, 0.1) is 4.92 Å². The number of ether oxygens (including phenoxy) is 1. The molecule has 104 valence electrons. The number of alkyl halides is 1. The average molecular weight is 296 g/mol. The summed E-state index contributed by atoms with van der Waals surface area (Å²) >= 11 is 5.65. The van der Waals surface area contributed by atoms with Crippen LogP contribution in [0.3, 0.4) is 0 Å². The molecular weight excluding hydrogens is 285 g/mol. The van der Waals surface area contributed by atoms with Crippen LogP contribution in [0.25, 0.3) is 0 Å². The molecule has 20 heavy (non-hydrogen) atoms. The lowest BCUT2D eigenvalue weighted by molar-refractivity contribution is -0.384. The van der Waals surface area contributed by atoms with Crippen molar-refractivity contribution in [3.8, 4) is 5.75 Å². The number of nitro benzene ring substituents is 1. The topological polar surface area (TPSA) is 52.4 Å². The van der Waals surface area contributed by atoms with E-state index in [-0.39, 0.29) is 18.2 Å². The zero-order valence-corrected chi connectivity index (χ0v) is 11.1. The Morgan fingerprint density at radius 3 is 2.70 bits per heavy atom. The highest BCUT2D eigenvalue weighted by Crippen LogP contribution is 2.20. The number of hydrogen-bond donors (Lipinski definition) is 0. The quantitative estimate of drug-likeness (QED) is 0.475. The Labute approximate surface area is 119 Å². The van der Waals surface area contributed by atoms with Crippen LogP contribution in [0.5, 0.6) is 5.75 Å². The lowest BCUT2D eigenvalue weighted by Gasteiger charge is -2.08. The predicted octanol–water partition coefficient (Wildman–Crippen LogP) is 4.05. The molecule has 0 radical (unpaired) electrons. The molecule has 0 aliphatic heterocycles. The Hall–Kier alpha value is -2.14. The van der Waals surface area contributed by atoms with E-state index in [2.05, 4.69) is 0 Å². The normalized spacial score (nSPS) is 10.3. The van der Waals surface area contributed by atoms with Gasteiger partial charge in [0.2, 0.25) is 0 Å². The smallest absolute Gasteiger partial charge is 0.269 e. The number of rotatable bonds is 5. The average Bonchev–Trinajstić information content (AvgIpc) is 2.44. The number of halogens is 2. The number of hydrogen-bond acceptors (Lipinski definition) is 3. The molecule has 6 heteroatoms. The van der Waals surface area contributed by atoms with E-state index in [1.54, 1.807) is 18.2 Å². The third kappa shape index (κ3) is 3.68. The van der Waals surface area contributed by atoms with E-state index in [1.165, 1.54) is 24.3 Å². The molecule has 2 aromatic carbocycles. The van der Waals surface area contributed by atoms with E-state index in [0.29, 0.717) is 16.9 Å². The van der Waals surface area contributed by atoms with E-state index >= 15 is 0 Å². The van der Waals surface area contributed by atoms with Crippen molar-refractivity contribution in [2.75, 3.05) is 0 Å². The van der Waals surface area contributed by atoms with Crippen molar-refractivity contribution in [3.05, 3.63) is 69.5 Å². The Bertz CT molecular complexity index is 634. The van der Waals surface area contributed by atoms with Crippen LogP contribution in [0, 0.1) is 15.9 Å². The molecular formula is C14H11ClFNO3. The number of nitrogens with zero attached hydrogens (tertiary/aromatic N) is 1. The minimum atomic E-state index is -0.475. The van der Waals surface area contributed by atoms with Gasteiger partial charge in [-0.15, -0.1) is 11.6 Å². The van der Waals surface area contributed by atoms with Gasteiger partial charge >= 0.3 is 0 Å². The van der Waals surface area contributed by atoms with Gasteiger partial charge in [-0.2, -0.15) is 0 Å². The summed E-state index contributed by atoms with van der Waals surface area (Å²) in [7, 11) is 0. The van der Waals surface area contributed by atoms with Crippen LogP contribution in [0.1, 0.15) is 11.1 Å². The molecule has 0 aliphatic carbocycles. The SMILES string of the molecule is O=[N+]([O-])c1cccc(COc2cc(F)cc(CCl)c2)c1. The van der Waals surface area contributed by atoms with E-state index in [0.717, 1.165) is 0 Å². The second-order valence-electron chi connectivity index (χ2n) is 4.14. The summed E-state index contributed by atoms with van der Waals surface area (Å²) in [5, 5.41) is 10.7. The minimum Gasteiger partial charge on any atom is -0.489 e. The summed E-state index contributed by atoms with van der Waals surface area (Å²) in [6, 6.07) is 10.3. The molecule has 4 nitrogen and oxygen atoms in total. The first-order valence-corrected chi connectivity index (χ1v) is 6.33. The molecule has 0 bridgehead atoms.